The molecule has 72 valence electrons. The van der Waals surface area contributed by atoms with E-state index in [9.17, 15) is 5.11 Å². The Kier molecular flexibility index (Phi) is 2.94. The van der Waals surface area contributed by atoms with Crippen LogP contribution in [0.4, 0.5) is 5.69 Å². The number of aryl methyl sites for hydroxylation is 3. The van der Waals surface area contributed by atoms with Gasteiger partial charge in [0.25, 0.3) is 0 Å². The highest BCUT2D eigenvalue weighted by Gasteiger charge is 2.04. The quantitative estimate of drug-likeness (QED) is 0.683. The van der Waals surface area contributed by atoms with Crippen molar-refractivity contribution in [3.63, 3.8) is 0 Å². The zero-order chi connectivity index (χ0) is 10.0. The number of benzene rings is 1. The fourth-order valence-electron chi connectivity index (χ4n) is 1.62. The Labute approximate surface area is 79.6 Å². The second-order valence-electron chi connectivity index (χ2n) is 3.59. The smallest absolute Gasteiger partial charge is 0.121 e. The van der Waals surface area contributed by atoms with Crippen LogP contribution < -0.4 is 5.32 Å². The third kappa shape index (κ3) is 2.46. The van der Waals surface area contributed by atoms with Crippen LogP contribution in [-0.4, -0.2) is 11.3 Å². The van der Waals surface area contributed by atoms with Crippen molar-refractivity contribution in [2.75, 3.05) is 5.32 Å². The molecular weight excluding hydrogens is 162 g/mol. The van der Waals surface area contributed by atoms with Crippen molar-refractivity contribution >= 4 is 5.69 Å². The van der Waals surface area contributed by atoms with Crippen molar-refractivity contribution in [1.82, 2.24) is 0 Å². The lowest BCUT2D eigenvalue weighted by Gasteiger charge is -2.15. The molecule has 0 heterocycles. The molecule has 1 aromatic carbocycles. The number of rotatable bonds is 2. The Morgan fingerprint density at radius 2 is 1.62 bits per heavy atom. The fourth-order valence-corrected chi connectivity index (χ4v) is 1.62. The van der Waals surface area contributed by atoms with E-state index in [1.54, 1.807) is 6.92 Å². The summed E-state index contributed by atoms with van der Waals surface area (Å²) in [7, 11) is 0. The first-order valence-electron chi connectivity index (χ1n) is 4.53. The molecule has 13 heavy (non-hydrogen) atoms. The molecule has 0 radical (unpaired) electrons. The zero-order valence-electron chi connectivity index (χ0n) is 8.68. The first-order valence-corrected chi connectivity index (χ1v) is 4.53. The minimum absolute atomic E-state index is 0.500. The molecular formula is C11H17NO. The maximum atomic E-state index is 9.21. The molecule has 1 atom stereocenters. The molecule has 1 aromatic rings. The van der Waals surface area contributed by atoms with Gasteiger partial charge >= 0.3 is 0 Å². The van der Waals surface area contributed by atoms with E-state index in [-0.39, 0.29) is 0 Å². The second-order valence-corrected chi connectivity index (χ2v) is 3.59. The van der Waals surface area contributed by atoms with Gasteiger partial charge in [0, 0.05) is 5.69 Å². The third-order valence-corrected chi connectivity index (χ3v) is 2.03. The van der Waals surface area contributed by atoms with Crippen molar-refractivity contribution in [1.29, 1.82) is 0 Å². The van der Waals surface area contributed by atoms with Crippen molar-refractivity contribution in [2.24, 2.45) is 0 Å². The summed E-state index contributed by atoms with van der Waals surface area (Å²) in [5, 5.41) is 12.2. The van der Waals surface area contributed by atoms with Gasteiger partial charge in [0.1, 0.15) is 6.23 Å². The Morgan fingerprint density at radius 1 is 1.15 bits per heavy atom. The molecule has 0 aliphatic rings. The summed E-state index contributed by atoms with van der Waals surface area (Å²) >= 11 is 0. The fraction of sp³-hybridized carbons (Fsp3) is 0.455. The van der Waals surface area contributed by atoms with Gasteiger partial charge in [-0.15, -0.1) is 0 Å². The highest BCUT2D eigenvalue weighted by molar-refractivity contribution is 5.58. The van der Waals surface area contributed by atoms with Gasteiger partial charge in [-0.1, -0.05) is 17.7 Å². The van der Waals surface area contributed by atoms with Gasteiger partial charge in [-0.2, -0.15) is 0 Å². The summed E-state index contributed by atoms with van der Waals surface area (Å²) in [6.07, 6.45) is -0.500. The van der Waals surface area contributed by atoms with E-state index in [4.69, 9.17) is 0 Å². The Hall–Kier alpha value is -1.02. The minimum Gasteiger partial charge on any atom is -0.374 e. The topological polar surface area (TPSA) is 32.3 Å². The van der Waals surface area contributed by atoms with Crippen LogP contribution in [0.1, 0.15) is 23.6 Å². The van der Waals surface area contributed by atoms with E-state index < -0.39 is 6.23 Å². The van der Waals surface area contributed by atoms with Gasteiger partial charge in [-0.3, -0.25) is 0 Å². The predicted molar refractivity (Wildman–Crippen MR) is 56.0 cm³/mol. The van der Waals surface area contributed by atoms with Crippen LogP contribution in [0, 0.1) is 20.8 Å². The molecule has 0 aliphatic heterocycles. The van der Waals surface area contributed by atoms with Gasteiger partial charge in [0.2, 0.25) is 0 Å². The lowest BCUT2D eigenvalue weighted by Crippen LogP contribution is -2.15. The molecule has 0 bridgehead atoms. The van der Waals surface area contributed by atoms with Crippen LogP contribution in [-0.2, 0) is 0 Å². The largest absolute Gasteiger partial charge is 0.374 e. The number of aliphatic hydroxyl groups is 1. The Balaban J connectivity index is 3.06. The van der Waals surface area contributed by atoms with Gasteiger partial charge in [-0.25, -0.2) is 0 Å². The molecule has 0 saturated heterocycles. The van der Waals surface area contributed by atoms with E-state index >= 15 is 0 Å². The van der Waals surface area contributed by atoms with E-state index in [1.807, 2.05) is 13.8 Å². The van der Waals surface area contributed by atoms with Gasteiger partial charge < -0.3 is 10.4 Å². The monoisotopic (exact) mass is 179 g/mol. The maximum Gasteiger partial charge on any atom is 0.121 e. The second kappa shape index (κ2) is 3.79. The van der Waals surface area contributed by atoms with Crippen LogP contribution in [0.3, 0.4) is 0 Å². The normalized spacial score (nSPS) is 12.7. The van der Waals surface area contributed by atoms with Crippen molar-refractivity contribution < 1.29 is 5.11 Å². The van der Waals surface area contributed by atoms with Gasteiger partial charge in [0.05, 0.1) is 0 Å². The number of hydrogen-bond acceptors (Lipinski definition) is 2. The van der Waals surface area contributed by atoms with Crippen molar-refractivity contribution in [2.45, 2.75) is 33.9 Å². The SMILES string of the molecule is Cc1cc(C)c(NC(C)O)c(C)c1. The van der Waals surface area contributed by atoms with E-state index in [2.05, 4.69) is 24.4 Å². The standard InChI is InChI=1S/C11H17NO/c1-7-5-8(2)11(9(3)6-7)12-10(4)13/h5-6,10,12-13H,1-4H3. The summed E-state index contributed by atoms with van der Waals surface area (Å²) in [6, 6.07) is 4.22. The highest BCUT2D eigenvalue weighted by Crippen LogP contribution is 2.22. The molecule has 2 heteroatoms. The Morgan fingerprint density at radius 3 is 2.00 bits per heavy atom. The number of hydrogen-bond donors (Lipinski definition) is 2. The number of anilines is 1. The van der Waals surface area contributed by atoms with E-state index in [0.29, 0.717) is 0 Å². The molecule has 0 aliphatic carbocycles. The molecule has 0 amide bonds. The minimum atomic E-state index is -0.500. The molecule has 1 unspecified atom stereocenters. The number of nitrogens with one attached hydrogen (secondary N) is 1. The van der Waals surface area contributed by atoms with Crippen LogP contribution in [0.25, 0.3) is 0 Å². The summed E-state index contributed by atoms with van der Waals surface area (Å²) in [6.45, 7) is 7.89. The van der Waals surface area contributed by atoms with Crippen LogP contribution in [0.15, 0.2) is 12.1 Å². The number of aliphatic hydroxyl groups excluding tert-OH is 1. The third-order valence-electron chi connectivity index (χ3n) is 2.03. The van der Waals surface area contributed by atoms with Crippen LogP contribution in [0.5, 0.6) is 0 Å². The van der Waals surface area contributed by atoms with E-state index in [0.717, 1.165) is 5.69 Å². The average molecular weight is 179 g/mol. The first-order chi connectivity index (χ1) is 6.00. The summed E-state index contributed by atoms with van der Waals surface area (Å²) in [5.74, 6) is 0. The summed E-state index contributed by atoms with van der Waals surface area (Å²) < 4.78 is 0. The molecule has 2 N–H and O–H groups in total. The maximum absolute atomic E-state index is 9.21. The first kappa shape index (κ1) is 10.1. The Bertz CT molecular complexity index is 282. The zero-order valence-corrected chi connectivity index (χ0v) is 8.68. The molecule has 1 rings (SSSR count). The molecule has 0 fully saturated rings. The van der Waals surface area contributed by atoms with Crippen LogP contribution >= 0.6 is 0 Å². The van der Waals surface area contributed by atoms with Gasteiger partial charge in [0.15, 0.2) is 0 Å². The predicted octanol–water partition coefficient (Wildman–Crippen LogP) is 2.36. The van der Waals surface area contributed by atoms with Crippen molar-refractivity contribution in [3.8, 4) is 0 Å². The molecule has 0 spiro atoms. The van der Waals surface area contributed by atoms with Crippen molar-refractivity contribution in [3.05, 3.63) is 28.8 Å². The molecule has 2 nitrogen and oxygen atoms in total. The van der Waals surface area contributed by atoms with Gasteiger partial charge in [-0.05, 0) is 38.8 Å². The average Bonchev–Trinajstić information content (AvgIpc) is 1.96. The lowest BCUT2D eigenvalue weighted by molar-refractivity contribution is 0.224. The lowest BCUT2D eigenvalue weighted by atomic mass is 10.1. The molecule has 0 aromatic heterocycles. The van der Waals surface area contributed by atoms with E-state index in [1.165, 1.54) is 16.7 Å². The van der Waals surface area contributed by atoms with Crippen LogP contribution in [0.2, 0.25) is 0 Å². The molecule has 0 saturated carbocycles. The summed E-state index contributed by atoms with van der Waals surface area (Å²) in [5.41, 5.74) is 4.66. The highest BCUT2D eigenvalue weighted by atomic mass is 16.3. The summed E-state index contributed by atoms with van der Waals surface area (Å²) in [4.78, 5) is 0.